The fourth-order valence-electron chi connectivity index (χ4n) is 1.94. The number of hydrogen-bond acceptors (Lipinski definition) is 3. The molecule has 0 saturated heterocycles. The molecule has 2 aromatic rings. The van der Waals surface area contributed by atoms with E-state index < -0.39 is 15.9 Å². The van der Waals surface area contributed by atoms with E-state index in [4.69, 9.17) is 0 Å². The van der Waals surface area contributed by atoms with E-state index in [0.29, 0.717) is 11.1 Å². The van der Waals surface area contributed by atoms with Crippen molar-refractivity contribution < 1.29 is 17.9 Å². The molecule has 106 valence electrons. The van der Waals surface area contributed by atoms with Crippen LogP contribution in [0.1, 0.15) is 17.2 Å². The second-order valence-corrected chi connectivity index (χ2v) is 6.67. The molecule has 0 aliphatic carbocycles. The van der Waals surface area contributed by atoms with Crippen LogP contribution in [0, 0.1) is 5.82 Å². The lowest BCUT2D eigenvalue weighted by atomic mass is 10.0. The van der Waals surface area contributed by atoms with Crippen LogP contribution in [0.15, 0.2) is 53.4 Å². The molecule has 5 heteroatoms. The maximum Gasteiger partial charge on any atom is 0.175 e. The zero-order valence-electron chi connectivity index (χ0n) is 11.0. The summed E-state index contributed by atoms with van der Waals surface area (Å²) in [5.41, 5.74) is 0.848. The number of sulfone groups is 1. The fourth-order valence-corrected chi connectivity index (χ4v) is 2.62. The van der Waals surface area contributed by atoms with E-state index in [0.717, 1.165) is 6.26 Å². The SMILES string of the molecule is CS(=O)(=O)c1cccc(C(O)Cc2ccccc2F)c1. The lowest BCUT2D eigenvalue weighted by Crippen LogP contribution is -2.05. The minimum absolute atomic E-state index is 0.0971. The van der Waals surface area contributed by atoms with Crippen LogP contribution in [0.2, 0.25) is 0 Å². The molecular formula is C15H15FO3S. The summed E-state index contributed by atoms with van der Waals surface area (Å²) in [5.74, 6) is -0.384. The van der Waals surface area contributed by atoms with E-state index >= 15 is 0 Å². The molecule has 2 aromatic carbocycles. The van der Waals surface area contributed by atoms with Gasteiger partial charge in [-0.1, -0.05) is 30.3 Å². The first-order valence-electron chi connectivity index (χ1n) is 6.09. The van der Waals surface area contributed by atoms with E-state index in [2.05, 4.69) is 0 Å². The molecule has 0 aliphatic heterocycles. The third-order valence-corrected chi connectivity index (χ3v) is 4.15. The first-order chi connectivity index (χ1) is 9.38. The summed E-state index contributed by atoms with van der Waals surface area (Å²) in [4.78, 5) is 0.141. The molecule has 0 saturated carbocycles. The van der Waals surface area contributed by atoms with Gasteiger partial charge in [-0.15, -0.1) is 0 Å². The van der Waals surface area contributed by atoms with Gasteiger partial charge in [-0.05, 0) is 29.3 Å². The van der Waals surface area contributed by atoms with Crippen LogP contribution in [0.3, 0.4) is 0 Å². The minimum atomic E-state index is -3.33. The maximum absolute atomic E-state index is 13.5. The molecule has 0 bridgehead atoms. The summed E-state index contributed by atoms with van der Waals surface area (Å²) in [5, 5.41) is 10.1. The van der Waals surface area contributed by atoms with Gasteiger partial charge in [0.1, 0.15) is 5.82 Å². The van der Waals surface area contributed by atoms with Gasteiger partial charge in [-0.3, -0.25) is 0 Å². The number of halogens is 1. The van der Waals surface area contributed by atoms with E-state index in [1.54, 1.807) is 30.3 Å². The zero-order valence-corrected chi connectivity index (χ0v) is 11.8. The Kier molecular flexibility index (Phi) is 4.20. The third-order valence-electron chi connectivity index (χ3n) is 3.04. The van der Waals surface area contributed by atoms with Crippen molar-refractivity contribution in [2.45, 2.75) is 17.4 Å². The zero-order chi connectivity index (χ0) is 14.8. The monoisotopic (exact) mass is 294 g/mol. The molecule has 0 aromatic heterocycles. The van der Waals surface area contributed by atoms with Crippen LogP contribution in [0.5, 0.6) is 0 Å². The molecule has 0 aliphatic rings. The minimum Gasteiger partial charge on any atom is -0.388 e. The first-order valence-corrected chi connectivity index (χ1v) is 7.98. The van der Waals surface area contributed by atoms with Crippen molar-refractivity contribution in [3.63, 3.8) is 0 Å². The van der Waals surface area contributed by atoms with E-state index in [9.17, 15) is 17.9 Å². The largest absolute Gasteiger partial charge is 0.388 e. The average Bonchev–Trinajstić information content (AvgIpc) is 2.40. The fraction of sp³-hybridized carbons (Fsp3) is 0.200. The van der Waals surface area contributed by atoms with Crippen molar-refractivity contribution >= 4 is 9.84 Å². The summed E-state index contributed by atoms with van der Waals surface area (Å²) in [6.07, 6.45) is 0.253. The van der Waals surface area contributed by atoms with E-state index in [-0.39, 0.29) is 17.1 Å². The van der Waals surface area contributed by atoms with Gasteiger partial charge < -0.3 is 5.11 Å². The first kappa shape index (κ1) is 14.7. The number of aliphatic hydroxyl groups is 1. The lowest BCUT2D eigenvalue weighted by molar-refractivity contribution is 0.177. The van der Waals surface area contributed by atoms with Gasteiger partial charge in [0.2, 0.25) is 0 Å². The molecule has 0 spiro atoms. The molecule has 1 N–H and O–H groups in total. The molecule has 3 nitrogen and oxygen atoms in total. The van der Waals surface area contributed by atoms with Gasteiger partial charge in [-0.2, -0.15) is 0 Å². The van der Waals surface area contributed by atoms with Gasteiger partial charge in [0.05, 0.1) is 11.0 Å². The molecule has 0 fully saturated rings. The number of hydrogen-bond donors (Lipinski definition) is 1. The highest BCUT2D eigenvalue weighted by Gasteiger charge is 2.14. The Morgan fingerprint density at radius 3 is 2.50 bits per heavy atom. The molecule has 2 rings (SSSR count). The third kappa shape index (κ3) is 3.43. The maximum atomic E-state index is 13.5. The molecular weight excluding hydrogens is 279 g/mol. The Hall–Kier alpha value is -1.72. The van der Waals surface area contributed by atoms with Crippen LogP contribution < -0.4 is 0 Å². The van der Waals surface area contributed by atoms with Crippen LogP contribution in [0.4, 0.5) is 4.39 Å². The number of benzene rings is 2. The summed E-state index contributed by atoms with van der Waals surface area (Å²) < 4.78 is 36.5. The Morgan fingerprint density at radius 1 is 1.15 bits per heavy atom. The summed E-state index contributed by atoms with van der Waals surface area (Å²) in [7, 11) is -3.33. The average molecular weight is 294 g/mol. The van der Waals surface area contributed by atoms with Crippen LogP contribution in [0.25, 0.3) is 0 Å². The predicted molar refractivity (Wildman–Crippen MR) is 74.6 cm³/mol. The Labute approximate surface area is 117 Å². The van der Waals surface area contributed by atoms with Crippen LogP contribution >= 0.6 is 0 Å². The Morgan fingerprint density at radius 2 is 1.85 bits per heavy atom. The second-order valence-electron chi connectivity index (χ2n) is 4.66. The summed E-state index contributed by atoms with van der Waals surface area (Å²) >= 11 is 0. The van der Waals surface area contributed by atoms with Crippen LogP contribution in [-0.4, -0.2) is 19.8 Å². The van der Waals surface area contributed by atoms with Crippen LogP contribution in [-0.2, 0) is 16.3 Å². The van der Waals surface area contributed by atoms with Gasteiger partial charge in [0.15, 0.2) is 9.84 Å². The van der Waals surface area contributed by atoms with Gasteiger partial charge in [0, 0.05) is 12.7 Å². The highest BCUT2D eigenvalue weighted by atomic mass is 32.2. The molecule has 0 radical (unpaired) electrons. The van der Waals surface area contributed by atoms with Crippen molar-refractivity contribution in [2.24, 2.45) is 0 Å². The van der Waals surface area contributed by atoms with Gasteiger partial charge >= 0.3 is 0 Å². The molecule has 1 unspecified atom stereocenters. The van der Waals surface area contributed by atoms with Crippen molar-refractivity contribution in [3.05, 3.63) is 65.5 Å². The second kappa shape index (κ2) is 5.73. The van der Waals surface area contributed by atoms with E-state index in [1.807, 2.05) is 0 Å². The topological polar surface area (TPSA) is 54.4 Å². The Bertz CT molecular complexity index is 711. The van der Waals surface area contributed by atoms with E-state index in [1.165, 1.54) is 18.2 Å². The molecule has 20 heavy (non-hydrogen) atoms. The lowest BCUT2D eigenvalue weighted by Gasteiger charge is -2.12. The standard InChI is InChI=1S/C15H15FO3S/c1-20(18,19)13-7-4-6-12(9-13)15(17)10-11-5-2-3-8-14(11)16/h2-9,15,17H,10H2,1H3. The van der Waals surface area contributed by atoms with Gasteiger partial charge in [0.25, 0.3) is 0 Å². The Balaban J connectivity index is 2.26. The smallest absolute Gasteiger partial charge is 0.175 e. The molecule has 1 atom stereocenters. The predicted octanol–water partition coefficient (Wildman–Crippen LogP) is 2.51. The highest BCUT2D eigenvalue weighted by molar-refractivity contribution is 7.90. The quantitative estimate of drug-likeness (QED) is 0.942. The molecule has 0 amide bonds. The highest BCUT2D eigenvalue weighted by Crippen LogP contribution is 2.22. The molecule has 0 heterocycles. The van der Waals surface area contributed by atoms with Crippen molar-refractivity contribution in [1.82, 2.24) is 0 Å². The van der Waals surface area contributed by atoms with Gasteiger partial charge in [-0.25, -0.2) is 12.8 Å². The van der Waals surface area contributed by atoms with Crippen molar-refractivity contribution in [1.29, 1.82) is 0 Å². The summed E-state index contributed by atoms with van der Waals surface area (Å²) in [6.45, 7) is 0. The summed E-state index contributed by atoms with van der Waals surface area (Å²) in [6, 6.07) is 12.3. The van der Waals surface area contributed by atoms with Crippen molar-refractivity contribution in [3.8, 4) is 0 Å². The van der Waals surface area contributed by atoms with Crippen molar-refractivity contribution in [2.75, 3.05) is 6.26 Å². The number of aliphatic hydroxyl groups excluding tert-OH is 1. The number of rotatable bonds is 4. The normalized spacial score (nSPS) is 13.2.